The van der Waals surface area contributed by atoms with Gasteiger partial charge in [-0.3, -0.25) is 0 Å². The Labute approximate surface area is 75.6 Å². The third-order valence-corrected chi connectivity index (χ3v) is 1.45. The Kier molecular flexibility index (Phi) is 2.98. The van der Waals surface area contributed by atoms with E-state index in [-0.39, 0.29) is 30.3 Å². The molecular weight excluding hydrogens is 170 g/mol. The third-order valence-electron chi connectivity index (χ3n) is 1.45. The lowest BCUT2D eigenvalue weighted by Crippen LogP contribution is -1.95. The van der Waals surface area contributed by atoms with Gasteiger partial charge in [-0.05, 0) is 12.1 Å². The molecule has 2 N–H and O–H groups in total. The van der Waals surface area contributed by atoms with E-state index in [1.165, 1.54) is 12.1 Å². The van der Waals surface area contributed by atoms with E-state index in [2.05, 4.69) is 0 Å². The van der Waals surface area contributed by atoms with E-state index in [9.17, 15) is 5.11 Å². The van der Waals surface area contributed by atoms with Crippen molar-refractivity contribution in [3.63, 3.8) is 0 Å². The van der Waals surface area contributed by atoms with E-state index in [1.54, 1.807) is 6.07 Å². The fourth-order valence-electron chi connectivity index (χ4n) is 0.834. The average molecular weight is 179 g/mol. The van der Waals surface area contributed by atoms with Crippen LogP contribution in [-0.2, 0) is 0 Å². The van der Waals surface area contributed by atoms with Gasteiger partial charge in [-0.25, -0.2) is 0 Å². The second-order valence-corrected chi connectivity index (χ2v) is 2.38. The van der Waals surface area contributed by atoms with E-state index in [1.807, 2.05) is 6.07 Å². The summed E-state index contributed by atoms with van der Waals surface area (Å²) in [6, 6.07) is 6.33. The molecule has 1 aromatic carbocycles. The van der Waals surface area contributed by atoms with Crippen LogP contribution in [-0.4, -0.2) is 16.8 Å². The topological polar surface area (TPSA) is 73.5 Å². The van der Waals surface area contributed by atoms with Crippen LogP contribution in [0.25, 0.3) is 0 Å². The number of ether oxygens (including phenoxy) is 1. The number of hydrogen-bond acceptors (Lipinski definition) is 4. The zero-order valence-electron chi connectivity index (χ0n) is 6.90. The molecule has 0 saturated carbocycles. The summed E-state index contributed by atoms with van der Waals surface area (Å²) in [6.07, 6.45) is 0.245. The molecule has 0 saturated heterocycles. The van der Waals surface area contributed by atoms with Crippen molar-refractivity contribution in [2.45, 2.75) is 6.42 Å². The molecule has 0 spiro atoms. The summed E-state index contributed by atoms with van der Waals surface area (Å²) in [6.45, 7) is 0.202. The smallest absolute Gasteiger partial charge is 0.200 e. The molecule has 13 heavy (non-hydrogen) atoms. The van der Waals surface area contributed by atoms with Crippen LogP contribution >= 0.6 is 0 Å². The van der Waals surface area contributed by atoms with Crippen LogP contribution < -0.4 is 4.74 Å². The van der Waals surface area contributed by atoms with Crippen molar-refractivity contribution < 1.29 is 14.9 Å². The monoisotopic (exact) mass is 179 g/mol. The number of nitriles is 1. The summed E-state index contributed by atoms with van der Waals surface area (Å²) < 4.78 is 5.03. The minimum Gasteiger partial charge on any atom is -0.504 e. The van der Waals surface area contributed by atoms with Crippen molar-refractivity contribution in [3.8, 4) is 23.3 Å². The molecule has 0 amide bonds. The number of benzene rings is 1. The van der Waals surface area contributed by atoms with E-state index in [4.69, 9.17) is 15.1 Å². The minimum absolute atomic E-state index is 0.190. The first kappa shape index (κ1) is 9.20. The van der Waals surface area contributed by atoms with Crippen LogP contribution in [0.4, 0.5) is 0 Å². The van der Waals surface area contributed by atoms with Crippen molar-refractivity contribution in [1.82, 2.24) is 0 Å². The van der Waals surface area contributed by atoms with Gasteiger partial charge in [0.25, 0.3) is 0 Å². The number of phenols is 2. The highest BCUT2D eigenvalue weighted by atomic mass is 16.5. The summed E-state index contributed by atoms with van der Waals surface area (Å²) in [5.41, 5.74) is 0. The van der Waals surface area contributed by atoms with Crippen LogP contribution in [0.5, 0.6) is 17.2 Å². The summed E-state index contributed by atoms with van der Waals surface area (Å²) in [7, 11) is 0. The molecule has 0 atom stereocenters. The fraction of sp³-hybridized carbons (Fsp3) is 0.222. The Bertz CT molecular complexity index is 330. The highest BCUT2D eigenvalue weighted by molar-refractivity contribution is 5.48. The number of phenolic OH excluding ortho intramolecular Hbond substituents is 2. The van der Waals surface area contributed by atoms with Gasteiger partial charge in [-0.15, -0.1) is 0 Å². The first-order chi connectivity index (χ1) is 6.25. The lowest BCUT2D eigenvalue weighted by molar-refractivity contribution is 0.299. The number of hydrogen-bond donors (Lipinski definition) is 2. The van der Waals surface area contributed by atoms with Gasteiger partial charge in [0.15, 0.2) is 11.5 Å². The number of para-hydroxylation sites is 1. The van der Waals surface area contributed by atoms with E-state index < -0.39 is 0 Å². The summed E-state index contributed by atoms with van der Waals surface area (Å²) in [5, 5.41) is 26.5. The van der Waals surface area contributed by atoms with E-state index in [0.29, 0.717) is 0 Å². The second-order valence-electron chi connectivity index (χ2n) is 2.38. The van der Waals surface area contributed by atoms with Crippen LogP contribution in [0.1, 0.15) is 6.42 Å². The zero-order valence-corrected chi connectivity index (χ0v) is 6.90. The molecular formula is C9H9NO3. The predicted octanol–water partition coefficient (Wildman–Crippen LogP) is 1.39. The summed E-state index contributed by atoms with van der Waals surface area (Å²) in [4.78, 5) is 0. The van der Waals surface area contributed by atoms with E-state index in [0.717, 1.165) is 0 Å². The molecule has 0 aliphatic heterocycles. The van der Waals surface area contributed by atoms with Crippen molar-refractivity contribution >= 4 is 0 Å². The average Bonchev–Trinajstić information content (AvgIpc) is 2.13. The molecule has 1 rings (SSSR count). The summed E-state index contributed by atoms with van der Waals surface area (Å²) >= 11 is 0. The molecule has 0 bridgehead atoms. The normalized spacial score (nSPS) is 9.15. The molecule has 68 valence electrons. The molecule has 0 aromatic heterocycles. The summed E-state index contributed by atoms with van der Waals surface area (Å²) in [5.74, 6) is -0.329. The number of nitrogens with zero attached hydrogens (tertiary/aromatic N) is 1. The Balaban J connectivity index is 2.67. The zero-order chi connectivity index (χ0) is 9.68. The largest absolute Gasteiger partial charge is 0.504 e. The molecule has 0 fully saturated rings. The van der Waals surface area contributed by atoms with Crippen molar-refractivity contribution in [2.75, 3.05) is 6.61 Å². The quantitative estimate of drug-likeness (QED) is 0.543. The Morgan fingerprint density at radius 2 is 2.15 bits per heavy atom. The number of rotatable bonds is 3. The van der Waals surface area contributed by atoms with Crippen molar-refractivity contribution in [3.05, 3.63) is 18.2 Å². The first-order valence-electron chi connectivity index (χ1n) is 3.76. The number of aromatic hydroxyl groups is 2. The van der Waals surface area contributed by atoms with Gasteiger partial charge in [0, 0.05) is 0 Å². The molecule has 0 unspecified atom stereocenters. The maximum atomic E-state index is 9.24. The SMILES string of the molecule is N#CCCOc1cccc(O)c1O. The molecule has 1 aromatic rings. The van der Waals surface area contributed by atoms with Gasteiger partial charge in [0.1, 0.15) is 6.61 Å². The molecule has 0 aliphatic rings. The van der Waals surface area contributed by atoms with E-state index >= 15 is 0 Å². The molecule has 0 radical (unpaired) electrons. The van der Waals surface area contributed by atoms with Crippen molar-refractivity contribution in [1.29, 1.82) is 5.26 Å². The lowest BCUT2D eigenvalue weighted by atomic mass is 10.3. The van der Waals surface area contributed by atoms with Crippen molar-refractivity contribution in [2.24, 2.45) is 0 Å². The molecule has 0 heterocycles. The molecule has 4 nitrogen and oxygen atoms in total. The third kappa shape index (κ3) is 2.27. The van der Waals surface area contributed by atoms with Gasteiger partial charge in [-0.2, -0.15) is 5.26 Å². The van der Waals surface area contributed by atoms with Gasteiger partial charge in [0.2, 0.25) is 5.75 Å². The highest BCUT2D eigenvalue weighted by Gasteiger charge is 2.05. The Morgan fingerprint density at radius 3 is 2.85 bits per heavy atom. The minimum atomic E-state index is -0.291. The van der Waals surface area contributed by atoms with Gasteiger partial charge < -0.3 is 14.9 Å². The van der Waals surface area contributed by atoms with Crippen LogP contribution in [0.2, 0.25) is 0 Å². The first-order valence-corrected chi connectivity index (χ1v) is 3.76. The van der Waals surface area contributed by atoms with Crippen LogP contribution in [0.3, 0.4) is 0 Å². The van der Waals surface area contributed by atoms with Crippen LogP contribution in [0, 0.1) is 11.3 Å². The fourth-order valence-corrected chi connectivity index (χ4v) is 0.834. The predicted molar refractivity (Wildman–Crippen MR) is 45.5 cm³/mol. The highest BCUT2D eigenvalue weighted by Crippen LogP contribution is 2.34. The second kappa shape index (κ2) is 4.21. The van der Waals surface area contributed by atoms with Gasteiger partial charge >= 0.3 is 0 Å². The Morgan fingerprint density at radius 1 is 1.38 bits per heavy atom. The molecule has 4 heteroatoms. The maximum absolute atomic E-state index is 9.24. The van der Waals surface area contributed by atoms with Crippen LogP contribution in [0.15, 0.2) is 18.2 Å². The standard InChI is InChI=1S/C9H9NO3/c10-5-2-6-13-8-4-1-3-7(11)9(8)12/h1,3-4,11-12H,2,6H2. The maximum Gasteiger partial charge on any atom is 0.200 e. The molecule has 0 aliphatic carbocycles. The Hall–Kier alpha value is -1.89. The lowest BCUT2D eigenvalue weighted by Gasteiger charge is -2.06. The van der Waals surface area contributed by atoms with Gasteiger partial charge in [-0.1, -0.05) is 6.07 Å². The van der Waals surface area contributed by atoms with Gasteiger partial charge in [0.05, 0.1) is 12.5 Å².